The summed E-state index contributed by atoms with van der Waals surface area (Å²) in [6.45, 7) is 9.89. The predicted molar refractivity (Wildman–Crippen MR) is 137 cm³/mol. The van der Waals surface area contributed by atoms with Crippen LogP contribution in [0, 0.1) is 5.92 Å². The molecule has 2 rings (SSSR count). The lowest BCUT2D eigenvalue weighted by molar-refractivity contribution is -0.863. The number of amides is 3. The van der Waals surface area contributed by atoms with E-state index in [0.717, 1.165) is 24.2 Å². The van der Waals surface area contributed by atoms with Crippen LogP contribution in [-0.2, 0) is 20.7 Å². The second-order valence-corrected chi connectivity index (χ2v) is 10.8. The molecule has 0 saturated carbocycles. The van der Waals surface area contributed by atoms with Gasteiger partial charge in [-0.25, -0.2) is 4.48 Å². The first-order chi connectivity index (χ1) is 17.4. The van der Waals surface area contributed by atoms with E-state index in [0.29, 0.717) is 52.0 Å². The topological polar surface area (TPSA) is 117 Å². The number of methoxy groups -OCH3 is 1. The number of rotatable bonds is 11. The molecule has 2 N–H and O–H groups in total. The molecule has 1 saturated heterocycles. The van der Waals surface area contributed by atoms with Gasteiger partial charge in [-0.3, -0.25) is 20.0 Å². The minimum Gasteiger partial charge on any atom is -0.497 e. The Balaban J connectivity index is 2.07. The molecule has 10 nitrogen and oxygen atoms in total. The zero-order valence-electron chi connectivity index (χ0n) is 22.9. The summed E-state index contributed by atoms with van der Waals surface area (Å²) < 4.78 is 11.1. The van der Waals surface area contributed by atoms with Crippen molar-refractivity contribution in [3.63, 3.8) is 0 Å². The third kappa shape index (κ3) is 9.28. The van der Waals surface area contributed by atoms with Gasteiger partial charge in [0, 0.05) is 12.3 Å². The van der Waals surface area contributed by atoms with E-state index in [4.69, 9.17) is 19.9 Å². The summed E-state index contributed by atoms with van der Waals surface area (Å²) in [6.07, 6.45) is 3.03. The quantitative estimate of drug-likeness (QED) is 0.256. The SMILES string of the molecule is CCCC[N+]1(C(=O)OC(C)(C)C)CCN(C(=O)[C@H](CCCc2ccc(OC)cc2)CC(=O)N(O)O)CC1. The number of carbonyl (C=O) groups is 3. The largest absolute Gasteiger partial charge is 0.516 e. The predicted octanol–water partition coefficient (Wildman–Crippen LogP) is 4.03. The molecule has 37 heavy (non-hydrogen) atoms. The second kappa shape index (κ2) is 13.7. The molecule has 1 atom stereocenters. The van der Waals surface area contributed by atoms with Crippen molar-refractivity contribution >= 4 is 17.9 Å². The number of carbonyl (C=O) groups excluding carboxylic acids is 3. The van der Waals surface area contributed by atoms with Crippen LogP contribution in [0.15, 0.2) is 24.3 Å². The van der Waals surface area contributed by atoms with E-state index in [1.165, 1.54) is 0 Å². The summed E-state index contributed by atoms with van der Waals surface area (Å²) >= 11 is 0. The first kappa shape index (κ1) is 30.5. The van der Waals surface area contributed by atoms with Crippen LogP contribution in [0.1, 0.15) is 65.4 Å². The van der Waals surface area contributed by atoms with Crippen LogP contribution < -0.4 is 4.74 Å². The number of unbranched alkanes of at least 4 members (excludes halogenated alkanes) is 1. The van der Waals surface area contributed by atoms with Gasteiger partial charge in [-0.2, -0.15) is 4.79 Å². The Morgan fingerprint density at radius 3 is 2.22 bits per heavy atom. The van der Waals surface area contributed by atoms with Crippen LogP contribution in [0.5, 0.6) is 5.75 Å². The zero-order chi connectivity index (χ0) is 27.6. The van der Waals surface area contributed by atoms with Crippen LogP contribution >= 0.6 is 0 Å². The minimum absolute atomic E-state index is 0.178. The molecule has 10 heteroatoms. The number of nitrogens with zero attached hydrogens (tertiary/aromatic N) is 3. The summed E-state index contributed by atoms with van der Waals surface area (Å²) in [6, 6.07) is 7.66. The van der Waals surface area contributed by atoms with Crippen molar-refractivity contribution in [1.29, 1.82) is 0 Å². The Morgan fingerprint density at radius 2 is 1.70 bits per heavy atom. The van der Waals surface area contributed by atoms with Crippen molar-refractivity contribution in [3.8, 4) is 5.75 Å². The van der Waals surface area contributed by atoms with Crippen LogP contribution in [0.25, 0.3) is 0 Å². The van der Waals surface area contributed by atoms with Gasteiger partial charge >= 0.3 is 6.09 Å². The summed E-state index contributed by atoms with van der Waals surface area (Å²) in [5.41, 5.74) is 0.481. The van der Waals surface area contributed by atoms with E-state index < -0.39 is 22.7 Å². The first-order valence-corrected chi connectivity index (χ1v) is 13.1. The standard InChI is InChI=1S/C27H44N3O7/c1-6-7-17-30(26(33)37-27(2,3)4)18-15-28(16-19-30)25(32)22(20-24(31)29(34)35)10-8-9-21-11-13-23(36-5)14-12-21/h11-14,22,34-35H,6-10,15-20H2,1-5H3/q+1/t22-/m1/s1. The number of benzene rings is 1. The monoisotopic (exact) mass is 522 g/mol. The Labute approximate surface area is 220 Å². The first-order valence-electron chi connectivity index (χ1n) is 13.1. The minimum atomic E-state index is -0.929. The maximum atomic E-state index is 13.5. The van der Waals surface area contributed by atoms with E-state index in [2.05, 4.69) is 6.92 Å². The third-order valence-electron chi connectivity index (χ3n) is 6.80. The molecule has 0 unspecified atom stereocenters. The summed E-state index contributed by atoms with van der Waals surface area (Å²) in [4.78, 5) is 40.3. The zero-order valence-corrected chi connectivity index (χ0v) is 22.9. The Bertz CT molecular complexity index is 888. The van der Waals surface area contributed by atoms with Gasteiger partial charge in [-0.15, -0.1) is 0 Å². The molecule has 1 aliphatic heterocycles. The molecule has 1 aromatic rings. The molecule has 3 amide bonds. The number of hydrogen-bond donors (Lipinski definition) is 2. The fraction of sp³-hybridized carbons (Fsp3) is 0.667. The maximum absolute atomic E-state index is 13.5. The molecule has 208 valence electrons. The smallest absolute Gasteiger partial charge is 0.497 e. The highest BCUT2D eigenvalue weighted by Crippen LogP contribution is 2.24. The Kier molecular flexibility index (Phi) is 11.3. The van der Waals surface area contributed by atoms with Crippen LogP contribution in [0.2, 0.25) is 0 Å². The number of ether oxygens (including phenoxy) is 2. The molecule has 0 radical (unpaired) electrons. The molecule has 0 spiro atoms. The summed E-state index contributed by atoms with van der Waals surface area (Å²) in [5, 5.41) is 17.9. The highest BCUT2D eigenvalue weighted by molar-refractivity contribution is 5.85. The lowest BCUT2D eigenvalue weighted by Gasteiger charge is -2.43. The van der Waals surface area contributed by atoms with E-state index in [9.17, 15) is 14.4 Å². The average molecular weight is 523 g/mol. The van der Waals surface area contributed by atoms with Gasteiger partial charge in [0.15, 0.2) is 0 Å². The van der Waals surface area contributed by atoms with Crippen LogP contribution in [-0.4, -0.2) is 88.4 Å². The van der Waals surface area contributed by atoms with Crippen molar-refractivity contribution in [2.45, 2.75) is 71.8 Å². The average Bonchev–Trinajstić information content (AvgIpc) is 2.86. The van der Waals surface area contributed by atoms with Gasteiger partial charge in [-0.1, -0.05) is 30.7 Å². The van der Waals surface area contributed by atoms with E-state index >= 15 is 0 Å². The normalized spacial score (nSPS) is 16.1. The van der Waals surface area contributed by atoms with Gasteiger partial charge in [-0.05, 0) is 64.2 Å². The molecule has 1 aromatic carbocycles. The van der Waals surface area contributed by atoms with Crippen molar-refractivity contribution in [2.75, 3.05) is 39.8 Å². The lowest BCUT2D eigenvalue weighted by atomic mass is 9.94. The molecule has 0 bridgehead atoms. The molecular formula is C27H44N3O7+. The van der Waals surface area contributed by atoms with Gasteiger partial charge in [0.1, 0.15) is 24.4 Å². The van der Waals surface area contributed by atoms with Gasteiger partial charge in [0.25, 0.3) is 5.91 Å². The van der Waals surface area contributed by atoms with Crippen LogP contribution in [0.3, 0.4) is 0 Å². The highest BCUT2D eigenvalue weighted by Gasteiger charge is 2.44. The molecular weight excluding hydrogens is 478 g/mol. The van der Waals surface area contributed by atoms with Crippen molar-refractivity contribution < 1.29 is 38.8 Å². The van der Waals surface area contributed by atoms with Gasteiger partial charge < -0.3 is 14.4 Å². The van der Waals surface area contributed by atoms with Crippen molar-refractivity contribution in [2.24, 2.45) is 5.92 Å². The van der Waals surface area contributed by atoms with Crippen LogP contribution in [0.4, 0.5) is 4.79 Å². The fourth-order valence-electron chi connectivity index (χ4n) is 4.59. The number of quaternary nitrogens is 1. The maximum Gasteiger partial charge on any atom is 0.516 e. The van der Waals surface area contributed by atoms with Gasteiger partial charge in [0.2, 0.25) is 5.91 Å². The summed E-state index contributed by atoms with van der Waals surface area (Å²) in [5.74, 6) is -1.06. The number of hydroxylamine groups is 2. The van der Waals surface area contributed by atoms with E-state index in [1.807, 2.05) is 45.0 Å². The molecule has 0 aliphatic carbocycles. The van der Waals surface area contributed by atoms with E-state index in [1.54, 1.807) is 12.0 Å². The van der Waals surface area contributed by atoms with Gasteiger partial charge in [0.05, 0.1) is 26.7 Å². The lowest BCUT2D eigenvalue weighted by Crippen LogP contribution is -2.64. The number of hydrogen-bond acceptors (Lipinski definition) is 7. The molecule has 0 aromatic heterocycles. The Morgan fingerprint density at radius 1 is 1.08 bits per heavy atom. The molecule has 1 fully saturated rings. The summed E-state index contributed by atoms with van der Waals surface area (Å²) in [7, 11) is 1.61. The molecule has 1 heterocycles. The fourth-order valence-corrected chi connectivity index (χ4v) is 4.59. The third-order valence-corrected chi connectivity index (χ3v) is 6.80. The second-order valence-electron chi connectivity index (χ2n) is 10.8. The number of piperazine rings is 1. The highest BCUT2D eigenvalue weighted by atomic mass is 16.8. The van der Waals surface area contributed by atoms with Crippen molar-refractivity contribution in [3.05, 3.63) is 29.8 Å². The molecule has 1 aliphatic rings. The van der Waals surface area contributed by atoms with Crippen molar-refractivity contribution in [1.82, 2.24) is 10.1 Å². The number of aryl methyl sites for hydroxylation is 1. The van der Waals surface area contributed by atoms with E-state index in [-0.39, 0.29) is 22.9 Å². The Hall–Kier alpha value is -2.69.